The molecule has 2 aromatic carbocycles. The highest BCUT2D eigenvalue weighted by atomic mass is 16.2. The molecule has 0 radical (unpaired) electrons. The van der Waals surface area contributed by atoms with Gasteiger partial charge in [0.2, 0.25) is 5.91 Å². The average molecular weight is 447 g/mol. The lowest BCUT2D eigenvalue weighted by atomic mass is 9.83. The maximum Gasteiger partial charge on any atom is 0.330 e. The Morgan fingerprint density at radius 1 is 1.06 bits per heavy atom. The number of rotatable bonds is 5. The second-order valence-corrected chi connectivity index (χ2v) is 9.60. The van der Waals surface area contributed by atoms with Gasteiger partial charge in [-0.1, -0.05) is 37.3 Å². The number of likely N-dealkylation sites (tertiary alicyclic amines) is 1. The van der Waals surface area contributed by atoms with E-state index in [9.17, 15) is 9.59 Å². The van der Waals surface area contributed by atoms with Crippen molar-refractivity contribution in [2.75, 3.05) is 13.1 Å². The Hall–Kier alpha value is -2.86. The summed E-state index contributed by atoms with van der Waals surface area (Å²) in [6.45, 7) is 5.90. The van der Waals surface area contributed by atoms with Crippen LogP contribution in [0.1, 0.15) is 74.3 Å². The van der Waals surface area contributed by atoms with E-state index in [2.05, 4.69) is 30.0 Å². The highest BCUT2D eigenvalue weighted by molar-refractivity contribution is 5.82. The van der Waals surface area contributed by atoms with Crippen LogP contribution in [0.4, 0.5) is 0 Å². The van der Waals surface area contributed by atoms with Crippen LogP contribution in [0.15, 0.2) is 47.3 Å². The van der Waals surface area contributed by atoms with Crippen molar-refractivity contribution in [1.82, 2.24) is 14.0 Å². The van der Waals surface area contributed by atoms with Crippen LogP contribution in [-0.2, 0) is 17.6 Å². The van der Waals surface area contributed by atoms with Crippen molar-refractivity contribution >= 4 is 16.9 Å². The monoisotopic (exact) mass is 446 g/mol. The number of fused-ring (bicyclic) bond motifs is 2. The number of hydrogen-bond acceptors (Lipinski definition) is 3. The highest BCUT2D eigenvalue weighted by Gasteiger charge is 2.32. The van der Waals surface area contributed by atoms with E-state index in [4.69, 9.17) is 5.73 Å². The summed E-state index contributed by atoms with van der Waals surface area (Å²) >= 11 is 0. The largest absolute Gasteiger partial charge is 0.368 e. The molecule has 1 aliphatic heterocycles. The van der Waals surface area contributed by atoms with Gasteiger partial charge in [0.25, 0.3) is 0 Å². The summed E-state index contributed by atoms with van der Waals surface area (Å²) in [7, 11) is 0. The zero-order valence-electron chi connectivity index (χ0n) is 19.7. The molecule has 2 atom stereocenters. The van der Waals surface area contributed by atoms with Gasteiger partial charge in [0.05, 0.1) is 11.0 Å². The van der Waals surface area contributed by atoms with E-state index in [0.29, 0.717) is 6.04 Å². The molecule has 1 saturated heterocycles. The van der Waals surface area contributed by atoms with E-state index >= 15 is 0 Å². The first-order valence-electron chi connectivity index (χ1n) is 12.4. The lowest BCUT2D eigenvalue weighted by Crippen LogP contribution is -2.41. The number of para-hydroxylation sites is 2. The predicted molar refractivity (Wildman–Crippen MR) is 131 cm³/mol. The zero-order chi connectivity index (χ0) is 23.1. The third-order valence-electron chi connectivity index (χ3n) is 7.87. The molecule has 2 unspecified atom stereocenters. The zero-order valence-corrected chi connectivity index (χ0v) is 19.7. The van der Waals surface area contributed by atoms with Crippen LogP contribution < -0.4 is 11.4 Å². The van der Waals surface area contributed by atoms with Crippen molar-refractivity contribution in [2.45, 2.75) is 70.5 Å². The number of benzene rings is 2. The van der Waals surface area contributed by atoms with Crippen molar-refractivity contribution in [3.8, 4) is 0 Å². The average Bonchev–Trinajstić information content (AvgIpc) is 3.14. The first kappa shape index (κ1) is 22.0. The number of amides is 1. The first-order chi connectivity index (χ1) is 16.0. The second kappa shape index (κ2) is 8.82. The summed E-state index contributed by atoms with van der Waals surface area (Å²) in [6, 6.07) is 14.5. The van der Waals surface area contributed by atoms with Crippen molar-refractivity contribution < 1.29 is 4.79 Å². The molecule has 1 aromatic heterocycles. The molecule has 5 rings (SSSR count). The molecule has 1 amide bonds. The summed E-state index contributed by atoms with van der Waals surface area (Å²) in [5.41, 5.74) is 11.7. The Kier molecular flexibility index (Phi) is 5.87. The van der Waals surface area contributed by atoms with Gasteiger partial charge in [-0.2, -0.15) is 0 Å². The molecule has 6 heteroatoms. The Morgan fingerprint density at radius 3 is 2.48 bits per heavy atom. The van der Waals surface area contributed by atoms with Gasteiger partial charge in [0.15, 0.2) is 0 Å². The highest BCUT2D eigenvalue weighted by Crippen LogP contribution is 2.39. The second-order valence-electron chi connectivity index (χ2n) is 9.60. The SMILES string of the molecule is CCc1cccc2c1CCCC2N1CCC(n2c(=O)n(C(C)C(N)=O)c3ccccc32)CC1. The van der Waals surface area contributed by atoms with Gasteiger partial charge in [-0.05, 0) is 74.3 Å². The number of hydrogen-bond donors (Lipinski definition) is 1. The maximum atomic E-state index is 13.5. The molecule has 1 fully saturated rings. The molecule has 0 bridgehead atoms. The van der Waals surface area contributed by atoms with Crippen molar-refractivity contribution in [3.05, 3.63) is 69.6 Å². The molecule has 2 heterocycles. The summed E-state index contributed by atoms with van der Waals surface area (Å²) < 4.78 is 3.48. The van der Waals surface area contributed by atoms with Crippen molar-refractivity contribution in [3.63, 3.8) is 0 Å². The number of piperidine rings is 1. The van der Waals surface area contributed by atoms with Crippen LogP contribution in [0, 0.1) is 0 Å². The fraction of sp³-hybridized carbons (Fsp3) is 0.481. The van der Waals surface area contributed by atoms with Crippen molar-refractivity contribution in [2.24, 2.45) is 5.73 Å². The van der Waals surface area contributed by atoms with E-state index in [1.165, 1.54) is 30.4 Å². The molecular weight excluding hydrogens is 412 g/mol. The lowest BCUT2D eigenvalue weighted by Gasteiger charge is -2.41. The summed E-state index contributed by atoms with van der Waals surface area (Å²) in [6.07, 6.45) is 6.59. The number of imidazole rings is 1. The number of carbonyl (C=O) groups excluding carboxylic acids is 1. The number of nitrogens with two attached hydrogens (primary N) is 1. The Morgan fingerprint density at radius 2 is 1.79 bits per heavy atom. The molecule has 2 N–H and O–H groups in total. The summed E-state index contributed by atoms with van der Waals surface area (Å²) in [5.74, 6) is -0.489. The van der Waals surface area contributed by atoms with Crippen LogP contribution >= 0.6 is 0 Å². The number of primary amides is 1. The number of aryl methyl sites for hydroxylation is 1. The molecule has 33 heavy (non-hydrogen) atoms. The number of aromatic nitrogens is 2. The topological polar surface area (TPSA) is 73.3 Å². The van der Waals surface area contributed by atoms with E-state index in [-0.39, 0.29) is 11.7 Å². The fourth-order valence-corrected chi connectivity index (χ4v) is 6.11. The lowest BCUT2D eigenvalue weighted by molar-refractivity contribution is -0.120. The molecule has 174 valence electrons. The Balaban J connectivity index is 1.42. The number of carbonyl (C=O) groups is 1. The first-order valence-corrected chi connectivity index (χ1v) is 12.4. The van der Waals surface area contributed by atoms with Gasteiger partial charge >= 0.3 is 5.69 Å². The minimum absolute atomic E-state index is 0.128. The third-order valence-corrected chi connectivity index (χ3v) is 7.87. The van der Waals surface area contributed by atoms with Crippen LogP contribution in [0.3, 0.4) is 0 Å². The van der Waals surface area contributed by atoms with Gasteiger partial charge in [-0.3, -0.25) is 18.8 Å². The van der Waals surface area contributed by atoms with Gasteiger partial charge in [0, 0.05) is 25.2 Å². The van der Waals surface area contributed by atoms with E-state index in [1.807, 2.05) is 28.8 Å². The molecule has 2 aliphatic rings. The smallest absolute Gasteiger partial charge is 0.330 e. The van der Waals surface area contributed by atoms with Crippen molar-refractivity contribution in [1.29, 1.82) is 0 Å². The standard InChI is InChI=1S/C27H34N4O2/c1-3-19-8-6-10-22-21(19)9-7-13-23(22)29-16-14-20(15-17-29)31-25-12-5-4-11-24(25)30(27(31)33)18(2)26(28)32/h4-6,8,10-12,18,20,23H,3,7,9,13-17H2,1-2H3,(H2,28,32). The minimum Gasteiger partial charge on any atom is -0.368 e. The summed E-state index contributed by atoms with van der Waals surface area (Å²) in [4.78, 5) is 28.0. The van der Waals surface area contributed by atoms with E-state index in [0.717, 1.165) is 43.4 Å². The van der Waals surface area contributed by atoms with Gasteiger partial charge < -0.3 is 5.73 Å². The molecule has 1 aliphatic carbocycles. The van der Waals surface area contributed by atoms with Crippen LogP contribution in [0.25, 0.3) is 11.0 Å². The molecular formula is C27H34N4O2. The normalized spacial score (nSPS) is 20.6. The molecule has 3 aromatic rings. The van der Waals surface area contributed by atoms with Crippen LogP contribution in [0.5, 0.6) is 0 Å². The Labute approximate surface area is 195 Å². The molecule has 6 nitrogen and oxygen atoms in total. The van der Waals surface area contributed by atoms with E-state index in [1.54, 1.807) is 17.1 Å². The van der Waals surface area contributed by atoms with Gasteiger partial charge in [-0.25, -0.2) is 4.79 Å². The Bertz CT molecular complexity index is 1230. The molecule has 0 saturated carbocycles. The summed E-state index contributed by atoms with van der Waals surface area (Å²) in [5, 5.41) is 0. The quantitative estimate of drug-likeness (QED) is 0.641. The third kappa shape index (κ3) is 3.70. The fourth-order valence-electron chi connectivity index (χ4n) is 6.11. The van der Waals surface area contributed by atoms with Gasteiger partial charge in [-0.15, -0.1) is 0 Å². The predicted octanol–water partition coefficient (Wildman–Crippen LogP) is 4.13. The number of nitrogens with zero attached hydrogens (tertiary/aromatic N) is 3. The van der Waals surface area contributed by atoms with E-state index < -0.39 is 11.9 Å². The minimum atomic E-state index is -0.671. The van der Waals surface area contributed by atoms with Gasteiger partial charge in [0.1, 0.15) is 6.04 Å². The maximum absolute atomic E-state index is 13.5. The van der Waals surface area contributed by atoms with Crippen LogP contribution in [0.2, 0.25) is 0 Å². The molecule has 0 spiro atoms. The van der Waals surface area contributed by atoms with Crippen LogP contribution in [-0.4, -0.2) is 33.0 Å².